The minimum atomic E-state index is -0.353. The minimum Gasteiger partial charge on any atom is -0.355 e. The van der Waals surface area contributed by atoms with Crippen molar-refractivity contribution in [2.75, 3.05) is 25.0 Å². The van der Waals surface area contributed by atoms with Gasteiger partial charge < -0.3 is 16.0 Å². The summed E-state index contributed by atoms with van der Waals surface area (Å²) in [5, 5.41) is 8.40. The lowest BCUT2D eigenvalue weighted by molar-refractivity contribution is -0.118. The second-order valence-corrected chi connectivity index (χ2v) is 6.86. The van der Waals surface area contributed by atoms with E-state index in [1.54, 1.807) is 12.3 Å². The zero-order valence-corrected chi connectivity index (χ0v) is 15.7. The molecule has 3 rings (SSSR count). The van der Waals surface area contributed by atoms with E-state index >= 15 is 0 Å². The van der Waals surface area contributed by atoms with Crippen LogP contribution in [0.5, 0.6) is 0 Å². The number of nitrogens with one attached hydrogen (secondary N) is 3. The molecule has 148 valence electrons. The SMILES string of the molecule is CC(=O)NCCNC(=O)c1cnc(NCC2(c3ncccc3F)CCC2)nc1. The van der Waals surface area contributed by atoms with E-state index in [0.717, 1.165) is 19.3 Å². The smallest absolute Gasteiger partial charge is 0.254 e. The van der Waals surface area contributed by atoms with Gasteiger partial charge in [-0.15, -0.1) is 0 Å². The Labute approximate surface area is 162 Å². The van der Waals surface area contributed by atoms with Crippen LogP contribution in [0, 0.1) is 5.82 Å². The lowest BCUT2D eigenvalue weighted by Crippen LogP contribution is -2.42. The van der Waals surface area contributed by atoms with Gasteiger partial charge in [0.25, 0.3) is 5.91 Å². The Hall–Kier alpha value is -3.10. The lowest BCUT2D eigenvalue weighted by Gasteiger charge is -2.41. The molecule has 2 aromatic rings. The molecular formula is C19H23FN6O2. The zero-order chi connectivity index (χ0) is 20.0. The quantitative estimate of drug-likeness (QED) is 0.592. The van der Waals surface area contributed by atoms with E-state index in [0.29, 0.717) is 36.8 Å². The third kappa shape index (κ3) is 4.59. The van der Waals surface area contributed by atoms with Gasteiger partial charge in [0.1, 0.15) is 5.82 Å². The summed E-state index contributed by atoms with van der Waals surface area (Å²) >= 11 is 0. The average Bonchev–Trinajstić information content (AvgIpc) is 2.66. The van der Waals surface area contributed by atoms with Gasteiger partial charge in [-0.3, -0.25) is 14.6 Å². The number of halogens is 1. The highest BCUT2D eigenvalue weighted by Crippen LogP contribution is 2.43. The predicted molar refractivity (Wildman–Crippen MR) is 101 cm³/mol. The average molecular weight is 386 g/mol. The summed E-state index contributed by atoms with van der Waals surface area (Å²) in [6, 6.07) is 3.01. The second-order valence-electron chi connectivity index (χ2n) is 6.86. The van der Waals surface area contributed by atoms with Crippen molar-refractivity contribution in [1.29, 1.82) is 0 Å². The molecule has 1 fully saturated rings. The molecule has 2 heterocycles. The zero-order valence-electron chi connectivity index (χ0n) is 15.7. The van der Waals surface area contributed by atoms with Gasteiger partial charge in [0.2, 0.25) is 11.9 Å². The molecule has 0 saturated heterocycles. The summed E-state index contributed by atoms with van der Waals surface area (Å²) in [6.07, 6.45) is 7.19. The van der Waals surface area contributed by atoms with Crippen LogP contribution in [-0.2, 0) is 10.2 Å². The first kappa shape index (κ1) is 19.7. The topological polar surface area (TPSA) is 109 Å². The van der Waals surface area contributed by atoms with Gasteiger partial charge in [0.05, 0.1) is 11.3 Å². The van der Waals surface area contributed by atoms with Crippen LogP contribution < -0.4 is 16.0 Å². The fraction of sp³-hybridized carbons (Fsp3) is 0.421. The molecule has 0 atom stereocenters. The van der Waals surface area contributed by atoms with E-state index in [1.807, 2.05) is 0 Å². The molecule has 2 aromatic heterocycles. The van der Waals surface area contributed by atoms with Gasteiger partial charge in [-0.05, 0) is 25.0 Å². The van der Waals surface area contributed by atoms with Crippen molar-refractivity contribution in [2.45, 2.75) is 31.6 Å². The molecule has 0 spiro atoms. The molecule has 1 aliphatic rings. The Morgan fingerprint density at radius 1 is 1.14 bits per heavy atom. The first-order valence-electron chi connectivity index (χ1n) is 9.20. The second kappa shape index (κ2) is 8.73. The summed E-state index contributed by atoms with van der Waals surface area (Å²) in [4.78, 5) is 35.4. The lowest BCUT2D eigenvalue weighted by atomic mass is 9.66. The number of rotatable bonds is 8. The maximum atomic E-state index is 14.2. The molecule has 0 bridgehead atoms. The van der Waals surface area contributed by atoms with E-state index < -0.39 is 0 Å². The molecule has 0 radical (unpaired) electrons. The Balaban J connectivity index is 1.55. The highest BCUT2D eigenvalue weighted by molar-refractivity contribution is 5.93. The molecule has 9 heteroatoms. The molecule has 0 aliphatic heterocycles. The van der Waals surface area contributed by atoms with Crippen LogP contribution in [-0.4, -0.2) is 46.4 Å². The number of carbonyl (C=O) groups excluding carboxylic acids is 2. The number of aromatic nitrogens is 3. The molecule has 1 saturated carbocycles. The van der Waals surface area contributed by atoms with Crippen LogP contribution in [0.15, 0.2) is 30.7 Å². The summed E-state index contributed by atoms with van der Waals surface area (Å²) in [6.45, 7) is 2.56. The highest BCUT2D eigenvalue weighted by Gasteiger charge is 2.41. The molecular weight excluding hydrogens is 363 g/mol. The van der Waals surface area contributed by atoms with Crippen LogP contribution in [0.1, 0.15) is 42.2 Å². The van der Waals surface area contributed by atoms with Gasteiger partial charge in [0, 0.05) is 50.6 Å². The van der Waals surface area contributed by atoms with Crippen LogP contribution >= 0.6 is 0 Å². The Morgan fingerprint density at radius 2 is 1.86 bits per heavy atom. The fourth-order valence-electron chi connectivity index (χ4n) is 3.18. The van der Waals surface area contributed by atoms with Gasteiger partial charge in [-0.1, -0.05) is 6.42 Å². The summed E-state index contributed by atoms with van der Waals surface area (Å²) in [5.74, 6) is -0.389. The van der Waals surface area contributed by atoms with Crippen LogP contribution in [0.2, 0.25) is 0 Å². The van der Waals surface area contributed by atoms with E-state index in [9.17, 15) is 14.0 Å². The van der Waals surface area contributed by atoms with E-state index in [-0.39, 0.29) is 23.0 Å². The molecule has 28 heavy (non-hydrogen) atoms. The van der Waals surface area contributed by atoms with Crippen molar-refractivity contribution in [3.63, 3.8) is 0 Å². The Bertz CT molecular complexity index is 839. The van der Waals surface area contributed by atoms with Crippen molar-refractivity contribution >= 4 is 17.8 Å². The molecule has 2 amide bonds. The molecule has 1 aliphatic carbocycles. The summed E-state index contributed by atoms with van der Waals surface area (Å²) in [7, 11) is 0. The van der Waals surface area contributed by atoms with Crippen molar-refractivity contribution in [3.8, 4) is 0 Å². The maximum absolute atomic E-state index is 14.2. The summed E-state index contributed by atoms with van der Waals surface area (Å²) in [5.41, 5.74) is 0.445. The Morgan fingerprint density at radius 3 is 2.46 bits per heavy atom. The first-order valence-corrected chi connectivity index (χ1v) is 9.20. The van der Waals surface area contributed by atoms with Gasteiger partial charge >= 0.3 is 0 Å². The monoisotopic (exact) mass is 386 g/mol. The van der Waals surface area contributed by atoms with E-state index in [1.165, 1.54) is 25.4 Å². The van der Waals surface area contributed by atoms with Crippen LogP contribution in [0.4, 0.5) is 10.3 Å². The number of pyridine rings is 1. The minimum absolute atomic E-state index is 0.150. The van der Waals surface area contributed by atoms with Gasteiger partial charge in [-0.2, -0.15) is 0 Å². The highest BCUT2D eigenvalue weighted by atomic mass is 19.1. The van der Waals surface area contributed by atoms with Crippen molar-refractivity contribution in [2.24, 2.45) is 0 Å². The predicted octanol–water partition coefficient (Wildman–Crippen LogP) is 1.41. The van der Waals surface area contributed by atoms with Crippen molar-refractivity contribution < 1.29 is 14.0 Å². The van der Waals surface area contributed by atoms with Crippen LogP contribution in [0.3, 0.4) is 0 Å². The third-order valence-corrected chi connectivity index (χ3v) is 4.85. The number of carbonyl (C=O) groups is 2. The normalized spacial score (nSPS) is 14.6. The van der Waals surface area contributed by atoms with Gasteiger partial charge in [0.15, 0.2) is 0 Å². The molecule has 3 N–H and O–H groups in total. The number of anilines is 1. The van der Waals surface area contributed by atoms with Crippen molar-refractivity contribution in [1.82, 2.24) is 25.6 Å². The summed E-state index contributed by atoms with van der Waals surface area (Å²) < 4.78 is 14.2. The van der Waals surface area contributed by atoms with E-state index in [4.69, 9.17) is 0 Å². The van der Waals surface area contributed by atoms with E-state index in [2.05, 4.69) is 30.9 Å². The standard InChI is InChI=1S/C19H23FN6O2/c1-13(27)21-8-9-23-17(28)14-10-24-18(25-11-14)26-12-19(5-3-6-19)16-15(20)4-2-7-22-16/h2,4,7,10-11H,3,5-6,8-9,12H2,1H3,(H,21,27)(H,23,28)(H,24,25,26). The van der Waals surface area contributed by atoms with Crippen LogP contribution in [0.25, 0.3) is 0 Å². The first-order chi connectivity index (χ1) is 13.5. The number of hydrogen-bond donors (Lipinski definition) is 3. The number of amides is 2. The number of hydrogen-bond acceptors (Lipinski definition) is 6. The van der Waals surface area contributed by atoms with Crippen molar-refractivity contribution in [3.05, 3.63) is 47.8 Å². The third-order valence-electron chi connectivity index (χ3n) is 4.85. The fourth-order valence-corrected chi connectivity index (χ4v) is 3.18. The number of nitrogens with zero attached hydrogens (tertiary/aromatic N) is 3. The largest absolute Gasteiger partial charge is 0.355 e. The molecule has 8 nitrogen and oxygen atoms in total. The maximum Gasteiger partial charge on any atom is 0.254 e. The van der Waals surface area contributed by atoms with Gasteiger partial charge in [-0.25, -0.2) is 14.4 Å². The Kier molecular flexibility index (Phi) is 6.13. The molecule has 0 unspecified atom stereocenters. The molecule has 0 aromatic carbocycles.